The first-order valence-corrected chi connectivity index (χ1v) is 6.43. The number of urea groups is 1. The molecule has 0 aromatic heterocycles. The number of methoxy groups -OCH3 is 1. The number of carbonyl (C=O) groups excluding carboxylic acids is 4. The second kappa shape index (κ2) is 7.41. The quantitative estimate of drug-likeness (QED) is 0.528. The van der Waals surface area contributed by atoms with E-state index in [1.807, 2.05) is 0 Å². The highest BCUT2D eigenvalue weighted by Gasteiger charge is 2.32. The van der Waals surface area contributed by atoms with Crippen molar-refractivity contribution in [2.24, 2.45) is 0 Å². The molecular formula is C13H18N2O6. The first-order chi connectivity index (χ1) is 9.88. The highest BCUT2D eigenvalue weighted by molar-refractivity contribution is 5.99. The molecule has 2 N–H and O–H groups in total. The Hall–Kier alpha value is -2.38. The van der Waals surface area contributed by atoms with Gasteiger partial charge < -0.3 is 20.1 Å². The summed E-state index contributed by atoms with van der Waals surface area (Å²) in [7, 11) is 1.18. The van der Waals surface area contributed by atoms with Gasteiger partial charge in [0.1, 0.15) is 12.2 Å². The molecule has 116 valence electrons. The number of hydrogen-bond acceptors (Lipinski definition) is 6. The Kier molecular flexibility index (Phi) is 5.89. The van der Waals surface area contributed by atoms with E-state index in [9.17, 15) is 19.2 Å². The summed E-state index contributed by atoms with van der Waals surface area (Å²) in [5, 5.41) is 4.93. The van der Waals surface area contributed by atoms with Gasteiger partial charge in [-0.1, -0.05) is 0 Å². The third-order valence-electron chi connectivity index (χ3n) is 2.86. The fourth-order valence-electron chi connectivity index (χ4n) is 1.96. The predicted molar refractivity (Wildman–Crippen MR) is 71.0 cm³/mol. The monoisotopic (exact) mass is 298 g/mol. The van der Waals surface area contributed by atoms with Crippen LogP contribution in [0.5, 0.6) is 0 Å². The van der Waals surface area contributed by atoms with Gasteiger partial charge in [-0.2, -0.15) is 0 Å². The minimum absolute atomic E-state index is 0.173. The second-order valence-electron chi connectivity index (χ2n) is 4.41. The van der Waals surface area contributed by atoms with E-state index in [0.717, 1.165) is 0 Å². The topological polar surface area (TPSA) is 111 Å². The summed E-state index contributed by atoms with van der Waals surface area (Å²) in [6.45, 7) is 3.37. The van der Waals surface area contributed by atoms with Crippen LogP contribution in [-0.2, 0) is 23.9 Å². The molecule has 0 saturated carbocycles. The van der Waals surface area contributed by atoms with Gasteiger partial charge in [-0.25, -0.2) is 9.59 Å². The van der Waals surface area contributed by atoms with Crippen LogP contribution in [0.15, 0.2) is 11.3 Å². The Balaban J connectivity index is 2.88. The van der Waals surface area contributed by atoms with Gasteiger partial charge in [-0.15, -0.1) is 0 Å². The number of carbonyl (C=O) groups is 4. The fraction of sp³-hybridized carbons (Fsp3) is 0.538. The molecule has 0 bridgehead atoms. The largest absolute Gasteiger partial charge is 0.469 e. The molecule has 2 amide bonds. The molecule has 1 aliphatic rings. The van der Waals surface area contributed by atoms with Crippen molar-refractivity contribution in [2.75, 3.05) is 13.7 Å². The van der Waals surface area contributed by atoms with Crippen molar-refractivity contribution in [3.05, 3.63) is 11.3 Å². The number of amides is 2. The summed E-state index contributed by atoms with van der Waals surface area (Å²) in [5.41, 5.74) is 0.503. The molecule has 8 nitrogen and oxygen atoms in total. The van der Waals surface area contributed by atoms with Gasteiger partial charge in [0.25, 0.3) is 0 Å². The van der Waals surface area contributed by atoms with Crippen molar-refractivity contribution in [2.45, 2.75) is 32.7 Å². The number of ether oxygens (including phenoxy) is 2. The van der Waals surface area contributed by atoms with Crippen molar-refractivity contribution in [1.82, 2.24) is 10.6 Å². The van der Waals surface area contributed by atoms with Crippen LogP contribution in [0.25, 0.3) is 0 Å². The lowest BCUT2D eigenvalue weighted by Gasteiger charge is -2.27. The summed E-state index contributed by atoms with van der Waals surface area (Å²) in [6.07, 6.45) is -0.598. The first kappa shape index (κ1) is 16.7. The zero-order chi connectivity index (χ0) is 16.0. The van der Waals surface area contributed by atoms with Crippen molar-refractivity contribution >= 4 is 23.8 Å². The van der Waals surface area contributed by atoms with E-state index in [1.54, 1.807) is 13.8 Å². The molecule has 0 radical (unpaired) electrons. The molecule has 8 heteroatoms. The number of rotatable bonds is 6. The summed E-state index contributed by atoms with van der Waals surface area (Å²) in [4.78, 5) is 46.2. The van der Waals surface area contributed by atoms with Crippen LogP contribution in [0.4, 0.5) is 4.79 Å². The molecule has 0 aromatic rings. The maximum absolute atomic E-state index is 11.9. The third-order valence-corrected chi connectivity index (χ3v) is 2.86. The van der Waals surface area contributed by atoms with Crippen molar-refractivity contribution < 1.29 is 28.7 Å². The maximum Gasteiger partial charge on any atom is 0.337 e. The molecular weight excluding hydrogens is 280 g/mol. The third kappa shape index (κ3) is 4.59. The number of allylic oxidation sites excluding steroid dienone is 1. The zero-order valence-electron chi connectivity index (χ0n) is 12.1. The molecule has 1 unspecified atom stereocenters. The summed E-state index contributed by atoms with van der Waals surface area (Å²) in [6, 6.07) is -1.34. The van der Waals surface area contributed by atoms with Gasteiger partial charge >= 0.3 is 18.0 Å². The van der Waals surface area contributed by atoms with E-state index >= 15 is 0 Å². The van der Waals surface area contributed by atoms with Crippen LogP contribution in [-0.4, -0.2) is 43.5 Å². The predicted octanol–water partition coefficient (Wildman–Crippen LogP) is 0.0272. The fourth-order valence-corrected chi connectivity index (χ4v) is 1.96. The molecule has 0 aromatic carbocycles. The number of Topliss-reactive ketones (excluding diaryl/α,β-unsaturated/α-hetero) is 1. The highest BCUT2D eigenvalue weighted by Crippen LogP contribution is 2.17. The standard InChI is InChI=1S/C13H18N2O6/c1-4-21-12(18)11-7(2)14-13(19)15-9(11)5-8(16)6-10(17)20-3/h9H,4-6H2,1-3H3,(H2,14,15,19). The lowest BCUT2D eigenvalue weighted by atomic mass is 9.97. The molecule has 1 heterocycles. The van der Waals surface area contributed by atoms with Crippen molar-refractivity contribution in [1.29, 1.82) is 0 Å². The molecule has 0 saturated heterocycles. The van der Waals surface area contributed by atoms with E-state index in [2.05, 4.69) is 15.4 Å². The summed E-state index contributed by atoms with van der Waals surface area (Å²) >= 11 is 0. The summed E-state index contributed by atoms with van der Waals surface area (Å²) in [5.74, 6) is -1.72. The second-order valence-corrected chi connectivity index (χ2v) is 4.41. The van der Waals surface area contributed by atoms with Crippen LogP contribution >= 0.6 is 0 Å². The molecule has 0 spiro atoms. The SMILES string of the molecule is CCOC(=O)C1=C(C)NC(=O)NC1CC(=O)CC(=O)OC. The van der Waals surface area contributed by atoms with E-state index in [1.165, 1.54) is 7.11 Å². The lowest BCUT2D eigenvalue weighted by Crippen LogP contribution is -2.50. The van der Waals surface area contributed by atoms with Crippen LogP contribution in [0.2, 0.25) is 0 Å². The van der Waals surface area contributed by atoms with Gasteiger partial charge in [-0.05, 0) is 13.8 Å². The number of ketones is 1. The van der Waals surface area contributed by atoms with E-state index < -0.39 is 36.2 Å². The number of hydrogen-bond donors (Lipinski definition) is 2. The highest BCUT2D eigenvalue weighted by atomic mass is 16.5. The van der Waals surface area contributed by atoms with Crippen LogP contribution in [0, 0.1) is 0 Å². The van der Waals surface area contributed by atoms with Crippen molar-refractivity contribution in [3.63, 3.8) is 0 Å². The van der Waals surface area contributed by atoms with Gasteiger partial charge in [0.2, 0.25) is 0 Å². The van der Waals surface area contributed by atoms with E-state index in [-0.39, 0.29) is 18.6 Å². The Morgan fingerprint density at radius 2 is 1.95 bits per heavy atom. The Morgan fingerprint density at radius 1 is 1.29 bits per heavy atom. The average molecular weight is 298 g/mol. The van der Waals surface area contributed by atoms with E-state index in [4.69, 9.17) is 4.74 Å². The summed E-state index contributed by atoms with van der Waals surface area (Å²) < 4.78 is 9.31. The lowest BCUT2D eigenvalue weighted by molar-refractivity contribution is -0.143. The molecule has 1 atom stereocenters. The van der Waals surface area contributed by atoms with Crippen molar-refractivity contribution in [3.8, 4) is 0 Å². The molecule has 1 aliphatic heterocycles. The molecule has 0 fully saturated rings. The van der Waals surface area contributed by atoms with Gasteiger partial charge in [-0.3, -0.25) is 9.59 Å². The van der Waals surface area contributed by atoms with E-state index in [0.29, 0.717) is 5.70 Å². The first-order valence-electron chi connectivity index (χ1n) is 6.43. The Labute approximate surface area is 121 Å². The van der Waals surface area contributed by atoms with Crippen LogP contribution in [0.3, 0.4) is 0 Å². The average Bonchev–Trinajstić information content (AvgIpc) is 2.37. The van der Waals surface area contributed by atoms with Gasteiger partial charge in [0, 0.05) is 12.1 Å². The Morgan fingerprint density at radius 3 is 2.52 bits per heavy atom. The normalized spacial score (nSPS) is 17.7. The number of nitrogens with one attached hydrogen (secondary N) is 2. The molecule has 0 aliphatic carbocycles. The zero-order valence-corrected chi connectivity index (χ0v) is 12.1. The van der Waals surface area contributed by atoms with Crippen LogP contribution < -0.4 is 10.6 Å². The van der Waals surface area contributed by atoms with Gasteiger partial charge in [0.15, 0.2) is 0 Å². The van der Waals surface area contributed by atoms with Crippen LogP contribution in [0.1, 0.15) is 26.7 Å². The molecule has 1 rings (SSSR count). The number of esters is 2. The molecule has 21 heavy (non-hydrogen) atoms. The maximum atomic E-state index is 11.9. The Bertz CT molecular complexity index is 497. The van der Waals surface area contributed by atoms with Gasteiger partial charge in [0.05, 0.1) is 25.3 Å². The minimum Gasteiger partial charge on any atom is -0.469 e. The smallest absolute Gasteiger partial charge is 0.337 e. The minimum atomic E-state index is -0.824.